The third kappa shape index (κ3) is 2.14. The van der Waals surface area contributed by atoms with E-state index in [4.69, 9.17) is 16.7 Å². The van der Waals surface area contributed by atoms with Gasteiger partial charge in [0, 0.05) is 5.56 Å². The molecule has 0 spiro atoms. The van der Waals surface area contributed by atoms with Crippen molar-refractivity contribution >= 4 is 11.6 Å². The van der Waals surface area contributed by atoms with Crippen LogP contribution < -0.4 is 0 Å². The standard InChI is InChI=1S/C8H8ClF2NO/c1-4-2-6(9)12-7(8(10)11)5(4)3-13/h2,8,13H,3H2,1H3. The normalized spacial score (nSPS) is 10.9. The number of rotatable bonds is 2. The van der Waals surface area contributed by atoms with Gasteiger partial charge in [-0.1, -0.05) is 11.6 Å². The van der Waals surface area contributed by atoms with Crippen molar-refractivity contribution in [2.24, 2.45) is 0 Å². The molecule has 1 rings (SSSR count). The van der Waals surface area contributed by atoms with Crippen LogP contribution in [-0.4, -0.2) is 10.1 Å². The zero-order valence-electron chi connectivity index (χ0n) is 6.89. The maximum atomic E-state index is 12.3. The SMILES string of the molecule is Cc1cc(Cl)nc(C(F)F)c1CO. The Morgan fingerprint density at radius 3 is 2.69 bits per heavy atom. The number of hydrogen-bond donors (Lipinski definition) is 1. The third-order valence-electron chi connectivity index (χ3n) is 1.71. The highest BCUT2D eigenvalue weighted by atomic mass is 35.5. The lowest BCUT2D eigenvalue weighted by Crippen LogP contribution is -2.01. The Morgan fingerprint density at radius 1 is 1.62 bits per heavy atom. The molecule has 0 bridgehead atoms. The van der Waals surface area contributed by atoms with Crippen LogP contribution in [0.15, 0.2) is 6.07 Å². The number of nitrogens with zero attached hydrogens (tertiary/aromatic N) is 1. The summed E-state index contributed by atoms with van der Waals surface area (Å²) in [5.41, 5.74) is 0.240. The van der Waals surface area contributed by atoms with Gasteiger partial charge in [0.2, 0.25) is 0 Å². The molecule has 5 heteroatoms. The van der Waals surface area contributed by atoms with Crippen LogP contribution in [0.5, 0.6) is 0 Å². The van der Waals surface area contributed by atoms with Crippen molar-refractivity contribution in [3.8, 4) is 0 Å². The number of halogens is 3. The van der Waals surface area contributed by atoms with Crippen molar-refractivity contribution in [3.63, 3.8) is 0 Å². The Labute approximate surface area is 79.2 Å². The van der Waals surface area contributed by atoms with Crippen molar-refractivity contribution in [2.75, 3.05) is 0 Å². The van der Waals surface area contributed by atoms with Gasteiger partial charge in [-0.25, -0.2) is 13.8 Å². The molecule has 1 N–H and O–H groups in total. The Morgan fingerprint density at radius 2 is 2.23 bits per heavy atom. The number of alkyl halides is 2. The highest BCUT2D eigenvalue weighted by molar-refractivity contribution is 6.29. The van der Waals surface area contributed by atoms with Crippen LogP contribution in [0, 0.1) is 6.92 Å². The van der Waals surface area contributed by atoms with E-state index in [2.05, 4.69) is 4.98 Å². The minimum Gasteiger partial charge on any atom is -0.392 e. The van der Waals surface area contributed by atoms with Crippen molar-refractivity contribution in [2.45, 2.75) is 20.0 Å². The molecule has 13 heavy (non-hydrogen) atoms. The molecule has 0 aliphatic carbocycles. The summed E-state index contributed by atoms with van der Waals surface area (Å²) in [6.07, 6.45) is -2.71. The molecule has 0 aliphatic rings. The van der Waals surface area contributed by atoms with E-state index in [-0.39, 0.29) is 10.7 Å². The second kappa shape index (κ2) is 3.98. The van der Waals surface area contributed by atoms with Gasteiger partial charge in [0.1, 0.15) is 10.8 Å². The first-order valence-corrected chi connectivity index (χ1v) is 3.99. The molecule has 0 atom stereocenters. The lowest BCUT2D eigenvalue weighted by Gasteiger charge is -2.08. The molecule has 0 fully saturated rings. The molecule has 0 saturated carbocycles. The molecule has 0 aromatic carbocycles. The van der Waals surface area contributed by atoms with Crippen LogP contribution in [-0.2, 0) is 6.61 Å². The van der Waals surface area contributed by atoms with Gasteiger partial charge in [-0.05, 0) is 18.6 Å². The van der Waals surface area contributed by atoms with Crippen LogP contribution >= 0.6 is 11.6 Å². The van der Waals surface area contributed by atoms with Crippen LogP contribution in [0.1, 0.15) is 23.2 Å². The number of aromatic nitrogens is 1. The maximum Gasteiger partial charge on any atom is 0.280 e. The number of aliphatic hydroxyl groups excluding tert-OH is 1. The average Bonchev–Trinajstić information content (AvgIpc) is 2.02. The summed E-state index contributed by atoms with van der Waals surface area (Å²) in [6.45, 7) is 1.15. The first-order chi connectivity index (χ1) is 6.06. The maximum absolute atomic E-state index is 12.3. The summed E-state index contributed by atoms with van der Waals surface area (Å²) in [5.74, 6) is 0. The quantitative estimate of drug-likeness (QED) is 0.756. The fourth-order valence-corrected chi connectivity index (χ4v) is 1.32. The van der Waals surface area contributed by atoms with Gasteiger partial charge in [0.15, 0.2) is 0 Å². The van der Waals surface area contributed by atoms with Crippen molar-refractivity contribution in [1.29, 1.82) is 0 Å². The van der Waals surface area contributed by atoms with E-state index in [0.717, 1.165) is 0 Å². The Balaban J connectivity index is 3.29. The molecule has 72 valence electrons. The van der Waals surface area contributed by atoms with Crippen LogP contribution in [0.4, 0.5) is 8.78 Å². The molecule has 0 amide bonds. The van der Waals surface area contributed by atoms with Crippen molar-refractivity contribution in [1.82, 2.24) is 4.98 Å². The predicted octanol–water partition coefficient (Wildman–Crippen LogP) is 2.47. The molecule has 2 nitrogen and oxygen atoms in total. The summed E-state index contributed by atoms with van der Waals surface area (Å²) in [4.78, 5) is 3.46. The summed E-state index contributed by atoms with van der Waals surface area (Å²) in [7, 11) is 0. The molecular formula is C8H8ClF2NO. The van der Waals surface area contributed by atoms with E-state index >= 15 is 0 Å². The fourth-order valence-electron chi connectivity index (χ4n) is 1.07. The Bertz CT molecular complexity index is 317. The highest BCUT2D eigenvalue weighted by Crippen LogP contribution is 2.25. The van der Waals surface area contributed by atoms with Gasteiger partial charge < -0.3 is 5.11 Å². The second-order valence-corrected chi connectivity index (χ2v) is 2.97. The number of aryl methyl sites for hydroxylation is 1. The highest BCUT2D eigenvalue weighted by Gasteiger charge is 2.16. The van der Waals surface area contributed by atoms with Crippen LogP contribution in [0.3, 0.4) is 0 Å². The van der Waals surface area contributed by atoms with E-state index in [0.29, 0.717) is 5.56 Å². The van der Waals surface area contributed by atoms with Crippen LogP contribution in [0.2, 0.25) is 5.15 Å². The third-order valence-corrected chi connectivity index (χ3v) is 1.91. The molecule has 1 heterocycles. The van der Waals surface area contributed by atoms with Gasteiger partial charge >= 0.3 is 0 Å². The number of aliphatic hydroxyl groups is 1. The predicted molar refractivity (Wildman–Crippen MR) is 44.9 cm³/mol. The molecule has 0 saturated heterocycles. The first kappa shape index (κ1) is 10.3. The molecule has 0 radical (unpaired) electrons. The molecule has 0 aliphatic heterocycles. The van der Waals surface area contributed by atoms with E-state index < -0.39 is 18.7 Å². The monoisotopic (exact) mass is 207 g/mol. The fraction of sp³-hybridized carbons (Fsp3) is 0.375. The van der Waals surface area contributed by atoms with Crippen molar-refractivity contribution in [3.05, 3.63) is 28.0 Å². The Kier molecular flexibility index (Phi) is 3.17. The summed E-state index contributed by atoms with van der Waals surface area (Å²) in [5, 5.41) is 8.84. The molecule has 0 unspecified atom stereocenters. The zero-order valence-corrected chi connectivity index (χ0v) is 7.65. The minimum atomic E-state index is -2.71. The van der Waals surface area contributed by atoms with Crippen LogP contribution in [0.25, 0.3) is 0 Å². The van der Waals surface area contributed by atoms with Gasteiger partial charge in [-0.3, -0.25) is 0 Å². The van der Waals surface area contributed by atoms with E-state index in [1.807, 2.05) is 0 Å². The minimum absolute atomic E-state index is 0.0185. The van der Waals surface area contributed by atoms with E-state index in [1.165, 1.54) is 6.07 Å². The largest absolute Gasteiger partial charge is 0.392 e. The van der Waals surface area contributed by atoms with Crippen molar-refractivity contribution < 1.29 is 13.9 Å². The van der Waals surface area contributed by atoms with E-state index in [1.54, 1.807) is 6.92 Å². The summed E-state index contributed by atoms with van der Waals surface area (Å²) < 4.78 is 24.7. The molecule has 1 aromatic heterocycles. The second-order valence-electron chi connectivity index (χ2n) is 2.58. The lowest BCUT2D eigenvalue weighted by atomic mass is 10.1. The van der Waals surface area contributed by atoms with Gasteiger partial charge in [0.25, 0.3) is 6.43 Å². The lowest BCUT2D eigenvalue weighted by molar-refractivity contribution is 0.141. The van der Waals surface area contributed by atoms with Gasteiger partial charge in [0.05, 0.1) is 6.61 Å². The van der Waals surface area contributed by atoms with E-state index in [9.17, 15) is 8.78 Å². The van der Waals surface area contributed by atoms with Gasteiger partial charge in [-0.15, -0.1) is 0 Å². The summed E-state index contributed by atoms with van der Waals surface area (Å²) >= 11 is 5.50. The average molecular weight is 208 g/mol. The Hall–Kier alpha value is -0.740. The summed E-state index contributed by atoms with van der Waals surface area (Å²) in [6, 6.07) is 1.44. The topological polar surface area (TPSA) is 33.1 Å². The molecular weight excluding hydrogens is 200 g/mol. The molecule has 1 aromatic rings. The number of hydrogen-bond acceptors (Lipinski definition) is 2. The smallest absolute Gasteiger partial charge is 0.280 e. The zero-order chi connectivity index (χ0) is 10.0. The van der Waals surface area contributed by atoms with Gasteiger partial charge in [-0.2, -0.15) is 0 Å². The first-order valence-electron chi connectivity index (χ1n) is 3.61. The number of pyridine rings is 1.